The second-order valence-corrected chi connectivity index (χ2v) is 3.49. The molecule has 0 amide bonds. The fourth-order valence-corrected chi connectivity index (χ4v) is 1.30. The minimum Gasteiger partial charge on any atom is -0.478 e. The molecular formula is C12H16N2O2. The summed E-state index contributed by atoms with van der Waals surface area (Å²) in [5.41, 5.74) is 0.619. The number of unbranched alkanes of at least 4 members (excludes halogenated alkanes) is 2. The third-order valence-corrected chi connectivity index (χ3v) is 2.17. The number of benzene rings is 1. The Morgan fingerprint density at radius 3 is 2.75 bits per heavy atom. The molecule has 0 aliphatic heterocycles. The molecule has 0 spiro atoms. The zero-order valence-corrected chi connectivity index (χ0v) is 9.39. The summed E-state index contributed by atoms with van der Waals surface area (Å²) < 4.78 is 0. The van der Waals surface area contributed by atoms with E-state index < -0.39 is 5.97 Å². The van der Waals surface area contributed by atoms with Gasteiger partial charge in [-0.2, -0.15) is 10.2 Å². The normalized spacial score (nSPS) is 10.8. The summed E-state index contributed by atoms with van der Waals surface area (Å²) in [6.45, 7) is 2.78. The molecule has 0 aliphatic carbocycles. The topological polar surface area (TPSA) is 62.0 Å². The number of carboxylic acid groups (broad SMARTS) is 1. The van der Waals surface area contributed by atoms with Crippen molar-refractivity contribution in [3.8, 4) is 0 Å². The van der Waals surface area contributed by atoms with Crippen molar-refractivity contribution in [1.29, 1.82) is 0 Å². The van der Waals surface area contributed by atoms with E-state index in [9.17, 15) is 4.79 Å². The lowest BCUT2D eigenvalue weighted by Crippen LogP contribution is -1.95. The third-order valence-electron chi connectivity index (χ3n) is 2.17. The molecule has 86 valence electrons. The van der Waals surface area contributed by atoms with Gasteiger partial charge in [-0.3, -0.25) is 0 Å². The third kappa shape index (κ3) is 3.81. The van der Waals surface area contributed by atoms with Gasteiger partial charge < -0.3 is 5.11 Å². The number of azo groups is 1. The number of carboxylic acids is 1. The average Bonchev–Trinajstić information content (AvgIpc) is 2.29. The van der Waals surface area contributed by atoms with Gasteiger partial charge in [0.25, 0.3) is 0 Å². The molecule has 1 N–H and O–H groups in total. The van der Waals surface area contributed by atoms with Crippen LogP contribution >= 0.6 is 0 Å². The second-order valence-electron chi connectivity index (χ2n) is 3.49. The highest BCUT2D eigenvalue weighted by molar-refractivity contribution is 5.93. The Balaban J connectivity index is 2.62. The van der Waals surface area contributed by atoms with E-state index in [0.29, 0.717) is 12.2 Å². The predicted octanol–water partition coefficient (Wildman–Crippen LogP) is 3.66. The van der Waals surface area contributed by atoms with Crippen LogP contribution in [0.25, 0.3) is 0 Å². The van der Waals surface area contributed by atoms with Crippen molar-refractivity contribution < 1.29 is 9.90 Å². The van der Waals surface area contributed by atoms with Crippen molar-refractivity contribution in [2.45, 2.75) is 26.2 Å². The van der Waals surface area contributed by atoms with E-state index in [1.165, 1.54) is 6.07 Å². The Morgan fingerprint density at radius 2 is 2.06 bits per heavy atom. The number of nitrogens with zero attached hydrogens (tertiary/aromatic N) is 2. The molecule has 0 fully saturated rings. The van der Waals surface area contributed by atoms with Gasteiger partial charge in [-0.25, -0.2) is 4.79 Å². The summed E-state index contributed by atoms with van der Waals surface area (Å²) in [5, 5.41) is 16.8. The minimum atomic E-state index is -0.969. The van der Waals surface area contributed by atoms with Gasteiger partial charge >= 0.3 is 5.97 Å². The molecule has 4 nitrogen and oxygen atoms in total. The predicted molar refractivity (Wildman–Crippen MR) is 62.3 cm³/mol. The first-order chi connectivity index (χ1) is 7.75. The van der Waals surface area contributed by atoms with E-state index in [1.54, 1.807) is 18.2 Å². The summed E-state index contributed by atoms with van der Waals surface area (Å²) in [4.78, 5) is 10.9. The monoisotopic (exact) mass is 220 g/mol. The van der Waals surface area contributed by atoms with E-state index in [1.807, 2.05) is 0 Å². The molecule has 0 heterocycles. The quantitative estimate of drug-likeness (QED) is 0.587. The molecule has 0 aliphatic rings. The molecule has 1 aromatic carbocycles. The Morgan fingerprint density at radius 1 is 1.31 bits per heavy atom. The van der Waals surface area contributed by atoms with Gasteiger partial charge in [-0.1, -0.05) is 31.9 Å². The van der Waals surface area contributed by atoms with Gasteiger partial charge in [-0.05, 0) is 18.6 Å². The van der Waals surface area contributed by atoms with Gasteiger partial charge in [0.15, 0.2) is 0 Å². The molecular weight excluding hydrogens is 204 g/mol. The number of hydrogen-bond acceptors (Lipinski definition) is 3. The lowest BCUT2D eigenvalue weighted by atomic mass is 10.2. The lowest BCUT2D eigenvalue weighted by Gasteiger charge is -1.98. The van der Waals surface area contributed by atoms with Crippen LogP contribution in [0.5, 0.6) is 0 Å². The molecule has 1 rings (SSSR count). The number of aromatic carboxylic acids is 1. The van der Waals surface area contributed by atoms with Crippen LogP contribution in [0.3, 0.4) is 0 Å². The molecule has 0 bridgehead atoms. The maximum Gasteiger partial charge on any atom is 0.337 e. The van der Waals surface area contributed by atoms with Crippen molar-refractivity contribution in [3.63, 3.8) is 0 Å². The average molecular weight is 220 g/mol. The zero-order chi connectivity index (χ0) is 11.8. The van der Waals surface area contributed by atoms with Gasteiger partial charge in [-0.15, -0.1) is 0 Å². The van der Waals surface area contributed by atoms with Crippen LogP contribution in [0.4, 0.5) is 5.69 Å². The van der Waals surface area contributed by atoms with Crippen LogP contribution in [0.1, 0.15) is 36.5 Å². The summed E-state index contributed by atoms with van der Waals surface area (Å²) in [6.07, 6.45) is 3.26. The van der Waals surface area contributed by atoms with Crippen molar-refractivity contribution >= 4 is 11.7 Å². The molecule has 0 atom stereocenters. The molecule has 1 aromatic rings. The number of rotatable bonds is 6. The molecule has 0 aromatic heterocycles. The van der Waals surface area contributed by atoms with E-state index >= 15 is 0 Å². The molecule has 0 unspecified atom stereocenters. The van der Waals surface area contributed by atoms with Gasteiger partial charge in [0.2, 0.25) is 0 Å². The Hall–Kier alpha value is -1.71. The second kappa shape index (κ2) is 6.71. The first-order valence-corrected chi connectivity index (χ1v) is 5.45. The summed E-state index contributed by atoms with van der Waals surface area (Å²) >= 11 is 0. The van der Waals surface area contributed by atoms with E-state index in [0.717, 1.165) is 19.3 Å². The van der Waals surface area contributed by atoms with Crippen LogP contribution in [0, 0.1) is 0 Å². The van der Waals surface area contributed by atoms with Crippen LogP contribution in [0.15, 0.2) is 34.5 Å². The maximum atomic E-state index is 10.9. The lowest BCUT2D eigenvalue weighted by molar-refractivity contribution is 0.0698. The van der Waals surface area contributed by atoms with Gasteiger partial charge in [0.1, 0.15) is 0 Å². The van der Waals surface area contributed by atoms with Crippen LogP contribution in [0.2, 0.25) is 0 Å². The van der Waals surface area contributed by atoms with Crippen molar-refractivity contribution in [3.05, 3.63) is 29.8 Å². The highest BCUT2D eigenvalue weighted by Crippen LogP contribution is 2.18. The van der Waals surface area contributed by atoms with E-state index in [2.05, 4.69) is 17.2 Å². The molecule has 4 heteroatoms. The highest BCUT2D eigenvalue weighted by atomic mass is 16.4. The molecule has 0 saturated carbocycles. The van der Waals surface area contributed by atoms with Gasteiger partial charge in [0, 0.05) is 0 Å². The molecule has 0 radical (unpaired) electrons. The molecule has 0 saturated heterocycles. The first-order valence-electron chi connectivity index (χ1n) is 5.45. The van der Waals surface area contributed by atoms with Crippen molar-refractivity contribution in [2.75, 3.05) is 6.54 Å². The molecule has 16 heavy (non-hydrogen) atoms. The Bertz CT molecular complexity index is 375. The standard InChI is InChI=1S/C12H16N2O2/c1-2-3-6-9-13-14-11-8-5-4-7-10(11)12(15)16/h4-5,7-8H,2-3,6,9H2,1H3,(H,15,16). The summed E-state index contributed by atoms with van der Waals surface area (Å²) in [7, 11) is 0. The van der Waals surface area contributed by atoms with Crippen LogP contribution in [-0.2, 0) is 0 Å². The number of carbonyl (C=O) groups is 1. The maximum absolute atomic E-state index is 10.9. The Labute approximate surface area is 95.0 Å². The van der Waals surface area contributed by atoms with Crippen LogP contribution in [-0.4, -0.2) is 17.6 Å². The fourth-order valence-electron chi connectivity index (χ4n) is 1.30. The van der Waals surface area contributed by atoms with Crippen molar-refractivity contribution in [1.82, 2.24) is 0 Å². The van der Waals surface area contributed by atoms with E-state index in [-0.39, 0.29) is 5.56 Å². The first kappa shape index (κ1) is 12.4. The van der Waals surface area contributed by atoms with Gasteiger partial charge in [0.05, 0.1) is 17.8 Å². The zero-order valence-electron chi connectivity index (χ0n) is 9.39. The SMILES string of the molecule is CCCCCN=Nc1ccccc1C(=O)O. The minimum absolute atomic E-state index is 0.196. The van der Waals surface area contributed by atoms with Crippen molar-refractivity contribution in [2.24, 2.45) is 10.2 Å². The van der Waals surface area contributed by atoms with E-state index in [4.69, 9.17) is 5.11 Å². The fraction of sp³-hybridized carbons (Fsp3) is 0.417. The summed E-state index contributed by atoms with van der Waals surface area (Å²) in [5.74, 6) is -0.969. The van der Waals surface area contributed by atoms with Crippen LogP contribution < -0.4 is 0 Å². The number of hydrogen-bond donors (Lipinski definition) is 1. The smallest absolute Gasteiger partial charge is 0.337 e. The summed E-state index contributed by atoms with van der Waals surface area (Å²) in [6, 6.07) is 6.63. The largest absolute Gasteiger partial charge is 0.478 e. The highest BCUT2D eigenvalue weighted by Gasteiger charge is 2.07. The Kier molecular flexibility index (Phi) is 5.19.